The van der Waals surface area contributed by atoms with Crippen LogP contribution in [-0.2, 0) is 16.1 Å². The van der Waals surface area contributed by atoms with Crippen LogP contribution < -0.4 is 4.74 Å². The van der Waals surface area contributed by atoms with E-state index in [0.717, 1.165) is 12.1 Å². The van der Waals surface area contributed by atoms with E-state index >= 15 is 0 Å². The number of hydrogen-bond acceptors (Lipinski definition) is 4. The second-order valence-corrected chi connectivity index (χ2v) is 6.29. The van der Waals surface area contributed by atoms with Crippen molar-refractivity contribution in [3.05, 3.63) is 65.7 Å². The molecule has 0 aliphatic carbocycles. The average Bonchev–Trinajstić information content (AvgIpc) is 2.63. The van der Waals surface area contributed by atoms with Crippen molar-refractivity contribution in [3.63, 3.8) is 0 Å². The summed E-state index contributed by atoms with van der Waals surface area (Å²) >= 11 is 0. The second-order valence-electron chi connectivity index (χ2n) is 6.29. The van der Waals surface area contributed by atoms with Crippen LogP contribution in [0.1, 0.15) is 23.7 Å². The highest BCUT2D eigenvalue weighted by molar-refractivity contribution is 5.75. The Balaban J connectivity index is 2.16. The third-order valence-electron chi connectivity index (χ3n) is 3.84. The van der Waals surface area contributed by atoms with Gasteiger partial charge in [0.15, 0.2) is 0 Å². The number of nitrogens with zero attached hydrogens (tertiary/aromatic N) is 1. The molecule has 0 spiro atoms. The number of hydrogen-bond donors (Lipinski definition) is 0. The molecule has 7 heteroatoms. The Kier molecular flexibility index (Phi) is 7.24. The first-order valence-electron chi connectivity index (χ1n) is 8.45. The molecule has 0 aliphatic rings. The van der Waals surface area contributed by atoms with Crippen LogP contribution in [0.2, 0.25) is 0 Å². The zero-order chi connectivity index (χ0) is 19.9. The van der Waals surface area contributed by atoms with E-state index in [1.165, 1.54) is 0 Å². The van der Waals surface area contributed by atoms with E-state index in [4.69, 9.17) is 4.74 Å². The van der Waals surface area contributed by atoms with Gasteiger partial charge >= 0.3 is 12.1 Å². The van der Waals surface area contributed by atoms with Crippen LogP contribution in [0, 0.1) is 0 Å². The smallest absolute Gasteiger partial charge is 0.485 e. The first-order chi connectivity index (χ1) is 12.8. The van der Waals surface area contributed by atoms with Gasteiger partial charge in [-0.15, -0.1) is 0 Å². The number of halogens is 3. The maximum absolute atomic E-state index is 12.3. The highest BCUT2D eigenvalue weighted by atomic mass is 19.4. The van der Waals surface area contributed by atoms with Crippen molar-refractivity contribution in [3.8, 4) is 5.75 Å². The minimum Gasteiger partial charge on any atom is -0.485 e. The fourth-order valence-corrected chi connectivity index (χ4v) is 2.45. The summed E-state index contributed by atoms with van der Waals surface area (Å²) in [6.45, 7) is 0.258. The molecule has 2 rings (SSSR count). The molecule has 4 nitrogen and oxygen atoms in total. The van der Waals surface area contributed by atoms with Gasteiger partial charge in [-0.2, -0.15) is 13.2 Å². The molecule has 2 aromatic carbocycles. The highest BCUT2D eigenvalue weighted by Gasteiger charge is 2.41. The topological polar surface area (TPSA) is 38.8 Å². The van der Waals surface area contributed by atoms with Crippen LogP contribution >= 0.6 is 0 Å². The number of benzene rings is 2. The molecule has 0 radical (unpaired) electrons. The average molecular weight is 381 g/mol. The number of carbonyl (C=O) groups is 1. The van der Waals surface area contributed by atoms with Crippen molar-refractivity contribution in [2.75, 3.05) is 20.6 Å². The van der Waals surface area contributed by atoms with Gasteiger partial charge in [0.1, 0.15) is 18.5 Å². The van der Waals surface area contributed by atoms with E-state index in [-0.39, 0.29) is 6.10 Å². The molecular formula is C20H22F3NO3. The van der Waals surface area contributed by atoms with E-state index in [9.17, 15) is 18.0 Å². The molecule has 146 valence electrons. The Morgan fingerprint density at radius 3 is 2.30 bits per heavy atom. The van der Waals surface area contributed by atoms with Gasteiger partial charge in [-0.05, 0) is 25.7 Å². The zero-order valence-corrected chi connectivity index (χ0v) is 15.2. The summed E-state index contributed by atoms with van der Waals surface area (Å²) in [5.41, 5.74) is 1.34. The van der Waals surface area contributed by atoms with Crippen molar-refractivity contribution in [2.24, 2.45) is 0 Å². The number of rotatable bonds is 8. The number of ether oxygens (including phenoxy) is 2. The lowest BCUT2D eigenvalue weighted by atomic mass is 10.1. The van der Waals surface area contributed by atoms with Gasteiger partial charge in [-0.3, -0.25) is 0 Å². The first-order valence-corrected chi connectivity index (χ1v) is 8.45. The maximum Gasteiger partial charge on any atom is 0.490 e. The standard InChI is InChI=1S/C20H22F3NO3/c1-24(2)13-12-18(15-8-4-3-5-9-15)27-17-11-7-6-10-16(17)14-26-19(25)20(21,22)23/h3-11,18H,12-14H2,1-2H3/t18-/m1/s1. The first kappa shape index (κ1) is 20.8. The molecule has 0 bridgehead atoms. The summed E-state index contributed by atoms with van der Waals surface area (Å²) in [7, 11) is 3.90. The largest absolute Gasteiger partial charge is 0.490 e. The molecule has 0 saturated carbocycles. The van der Waals surface area contributed by atoms with Gasteiger partial charge in [0.2, 0.25) is 0 Å². The molecular weight excluding hydrogens is 359 g/mol. The Morgan fingerprint density at radius 1 is 1.04 bits per heavy atom. The monoisotopic (exact) mass is 381 g/mol. The highest BCUT2D eigenvalue weighted by Crippen LogP contribution is 2.29. The van der Waals surface area contributed by atoms with Gasteiger partial charge in [0, 0.05) is 18.5 Å². The predicted molar refractivity (Wildman–Crippen MR) is 95.3 cm³/mol. The van der Waals surface area contributed by atoms with Gasteiger partial charge in [-0.25, -0.2) is 4.79 Å². The zero-order valence-electron chi connectivity index (χ0n) is 15.2. The fourth-order valence-electron chi connectivity index (χ4n) is 2.45. The molecule has 0 heterocycles. The third kappa shape index (κ3) is 6.60. The van der Waals surface area contributed by atoms with E-state index in [2.05, 4.69) is 4.74 Å². The lowest BCUT2D eigenvalue weighted by Gasteiger charge is -2.23. The SMILES string of the molecule is CN(C)CC[C@@H](Oc1ccccc1COC(=O)C(F)(F)F)c1ccccc1. The molecule has 0 saturated heterocycles. The number of carbonyl (C=O) groups excluding carboxylic acids is 1. The molecule has 0 N–H and O–H groups in total. The van der Waals surface area contributed by atoms with E-state index < -0.39 is 18.8 Å². The van der Waals surface area contributed by atoms with Crippen LogP contribution in [0.5, 0.6) is 5.75 Å². The van der Waals surface area contributed by atoms with E-state index in [0.29, 0.717) is 17.7 Å². The van der Waals surface area contributed by atoms with Crippen molar-refractivity contribution >= 4 is 5.97 Å². The van der Waals surface area contributed by atoms with Crippen molar-refractivity contribution < 1.29 is 27.4 Å². The molecule has 0 fully saturated rings. The minimum atomic E-state index is -5.02. The van der Waals surface area contributed by atoms with Crippen LogP contribution in [-0.4, -0.2) is 37.7 Å². The van der Waals surface area contributed by atoms with Crippen LogP contribution in [0.3, 0.4) is 0 Å². The number of alkyl halides is 3. The summed E-state index contributed by atoms with van der Waals surface area (Å²) in [5, 5.41) is 0. The molecule has 0 amide bonds. The van der Waals surface area contributed by atoms with Crippen LogP contribution in [0.4, 0.5) is 13.2 Å². The van der Waals surface area contributed by atoms with Crippen molar-refractivity contribution in [1.29, 1.82) is 0 Å². The van der Waals surface area contributed by atoms with Crippen molar-refractivity contribution in [2.45, 2.75) is 25.3 Å². The quantitative estimate of drug-likeness (QED) is 0.637. The lowest BCUT2D eigenvalue weighted by Crippen LogP contribution is -2.25. The Bertz CT molecular complexity index is 733. The number of esters is 1. The van der Waals surface area contributed by atoms with Gasteiger partial charge in [0.25, 0.3) is 0 Å². The van der Waals surface area contributed by atoms with E-state index in [1.54, 1.807) is 24.3 Å². The summed E-state index contributed by atoms with van der Waals surface area (Å²) in [6.07, 6.45) is -4.62. The lowest BCUT2D eigenvalue weighted by molar-refractivity contribution is -0.201. The van der Waals surface area contributed by atoms with Crippen LogP contribution in [0.25, 0.3) is 0 Å². The minimum absolute atomic E-state index is 0.284. The Hall–Kier alpha value is -2.54. The van der Waals surface area contributed by atoms with Gasteiger partial charge in [0.05, 0.1) is 0 Å². The van der Waals surface area contributed by atoms with E-state index in [1.807, 2.05) is 49.3 Å². The predicted octanol–water partition coefficient (Wildman–Crippen LogP) is 4.36. The normalized spacial score (nSPS) is 12.7. The Morgan fingerprint density at radius 2 is 1.67 bits per heavy atom. The molecule has 2 aromatic rings. The fraction of sp³-hybridized carbons (Fsp3) is 0.350. The second kappa shape index (κ2) is 9.41. The summed E-state index contributed by atoms with van der Waals surface area (Å²) in [5.74, 6) is -1.83. The molecule has 0 unspecified atom stereocenters. The maximum atomic E-state index is 12.3. The molecule has 27 heavy (non-hydrogen) atoms. The summed E-state index contributed by atoms with van der Waals surface area (Å²) in [4.78, 5) is 13.0. The summed E-state index contributed by atoms with van der Waals surface area (Å²) in [6, 6.07) is 16.2. The van der Waals surface area contributed by atoms with Crippen LogP contribution in [0.15, 0.2) is 54.6 Å². The summed E-state index contributed by atoms with van der Waals surface area (Å²) < 4.78 is 47.5. The van der Waals surface area contributed by atoms with Gasteiger partial charge in [-0.1, -0.05) is 48.5 Å². The Labute approximate surface area is 156 Å². The third-order valence-corrected chi connectivity index (χ3v) is 3.84. The molecule has 1 atom stereocenters. The van der Waals surface area contributed by atoms with Gasteiger partial charge < -0.3 is 14.4 Å². The molecule has 0 aromatic heterocycles. The van der Waals surface area contributed by atoms with Crippen molar-refractivity contribution in [1.82, 2.24) is 4.90 Å². The molecule has 0 aliphatic heterocycles. The number of para-hydroxylation sites is 1.